The van der Waals surface area contributed by atoms with Crippen LogP contribution < -0.4 is 5.32 Å². The molecule has 0 spiro atoms. The average molecular weight is 504 g/mol. The molecule has 6 nitrogen and oxygen atoms in total. The number of nitrogens with one attached hydrogen (secondary N) is 1. The predicted octanol–water partition coefficient (Wildman–Crippen LogP) is 3.94. The van der Waals surface area contributed by atoms with Crippen molar-refractivity contribution < 1.29 is 0 Å². The second kappa shape index (κ2) is 10.0. The summed E-state index contributed by atoms with van der Waals surface area (Å²) in [5.74, 6) is 3.02. The third-order valence-corrected chi connectivity index (χ3v) is 5.52. The molecule has 4 rings (SSSR count). The van der Waals surface area contributed by atoms with Gasteiger partial charge in [0, 0.05) is 25.8 Å². The zero-order chi connectivity index (χ0) is 19.3. The molecule has 0 radical (unpaired) electrons. The lowest BCUT2D eigenvalue weighted by Crippen LogP contribution is -2.48. The van der Waals surface area contributed by atoms with E-state index in [2.05, 4.69) is 64.6 Å². The van der Waals surface area contributed by atoms with Gasteiger partial charge in [-0.3, -0.25) is 4.40 Å². The Balaban J connectivity index is 0.00000240. The second-order valence-corrected chi connectivity index (χ2v) is 7.44. The van der Waals surface area contributed by atoms with Crippen molar-refractivity contribution in [3.63, 3.8) is 0 Å². The Hall–Kier alpha value is -2.16. The molecule has 1 aliphatic heterocycles. The van der Waals surface area contributed by atoms with Crippen LogP contribution in [0.15, 0.2) is 59.7 Å². The monoisotopic (exact) mass is 504 g/mol. The van der Waals surface area contributed by atoms with Gasteiger partial charge in [-0.2, -0.15) is 0 Å². The maximum Gasteiger partial charge on any atom is 0.194 e. The summed E-state index contributed by atoms with van der Waals surface area (Å²) in [6.45, 7) is 7.84. The number of fused-ring (bicyclic) bond motifs is 1. The van der Waals surface area contributed by atoms with Crippen LogP contribution in [-0.4, -0.2) is 45.1 Å². The van der Waals surface area contributed by atoms with Gasteiger partial charge in [0.2, 0.25) is 0 Å². The molecule has 154 valence electrons. The average Bonchev–Trinajstić information content (AvgIpc) is 3.15. The zero-order valence-electron chi connectivity index (χ0n) is 17.0. The number of likely N-dealkylation sites (tertiary alicyclic amines) is 1. The SMILES string of the molecule is CCNC(=NCc1nnc2ccccn12)N1CCC(c2ccccc2)C(C)C1.I. The lowest BCUT2D eigenvalue weighted by molar-refractivity contribution is 0.234. The molecular weight excluding hydrogens is 475 g/mol. The Morgan fingerprint density at radius 2 is 1.93 bits per heavy atom. The highest BCUT2D eigenvalue weighted by molar-refractivity contribution is 14.0. The predicted molar refractivity (Wildman–Crippen MR) is 128 cm³/mol. The minimum absolute atomic E-state index is 0. The maximum absolute atomic E-state index is 4.87. The van der Waals surface area contributed by atoms with Crippen LogP contribution in [0.25, 0.3) is 5.65 Å². The molecule has 1 fully saturated rings. The Kier molecular flexibility index (Phi) is 7.46. The molecule has 1 aromatic carbocycles. The maximum atomic E-state index is 4.87. The number of pyridine rings is 1. The highest BCUT2D eigenvalue weighted by Crippen LogP contribution is 2.32. The first-order valence-corrected chi connectivity index (χ1v) is 10.1. The number of aliphatic imine (C=N–C) groups is 1. The zero-order valence-corrected chi connectivity index (χ0v) is 19.4. The summed E-state index contributed by atoms with van der Waals surface area (Å²) in [6, 6.07) is 16.8. The Bertz CT molecular complexity index is 939. The van der Waals surface area contributed by atoms with Crippen molar-refractivity contribution in [3.8, 4) is 0 Å². The van der Waals surface area contributed by atoms with Gasteiger partial charge >= 0.3 is 0 Å². The van der Waals surface area contributed by atoms with E-state index >= 15 is 0 Å². The van der Waals surface area contributed by atoms with E-state index in [1.165, 1.54) is 5.56 Å². The summed E-state index contributed by atoms with van der Waals surface area (Å²) in [5, 5.41) is 12.0. The van der Waals surface area contributed by atoms with Crippen LogP contribution in [0.2, 0.25) is 0 Å². The highest BCUT2D eigenvalue weighted by atomic mass is 127. The Labute approximate surface area is 189 Å². The van der Waals surface area contributed by atoms with Gasteiger partial charge in [0.1, 0.15) is 6.54 Å². The molecule has 1 saturated heterocycles. The van der Waals surface area contributed by atoms with Crippen molar-refractivity contribution in [2.24, 2.45) is 10.9 Å². The van der Waals surface area contributed by atoms with Crippen LogP contribution in [0.3, 0.4) is 0 Å². The molecular formula is C22H29IN6. The summed E-state index contributed by atoms with van der Waals surface area (Å²) in [5.41, 5.74) is 2.31. The van der Waals surface area contributed by atoms with E-state index in [-0.39, 0.29) is 24.0 Å². The number of aromatic nitrogens is 3. The smallest absolute Gasteiger partial charge is 0.194 e. The second-order valence-electron chi connectivity index (χ2n) is 7.44. The molecule has 0 aliphatic carbocycles. The molecule has 0 bridgehead atoms. The van der Waals surface area contributed by atoms with E-state index in [0.717, 1.165) is 43.5 Å². The molecule has 29 heavy (non-hydrogen) atoms. The summed E-state index contributed by atoms with van der Waals surface area (Å²) in [6.07, 6.45) is 3.13. The van der Waals surface area contributed by atoms with Crippen LogP contribution in [0.4, 0.5) is 0 Å². The van der Waals surface area contributed by atoms with Gasteiger partial charge in [-0.05, 0) is 42.9 Å². The minimum Gasteiger partial charge on any atom is -0.357 e. The molecule has 2 atom stereocenters. The Morgan fingerprint density at radius 1 is 1.14 bits per heavy atom. The molecule has 0 saturated carbocycles. The number of rotatable bonds is 4. The standard InChI is InChI=1S/C22H28N6.HI/c1-3-23-22(24-15-21-26-25-20-11-7-8-13-28(20)21)27-14-12-19(17(2)16-27)18-9-5-4-6-10-18;/h4-11,13,17,19H,3,12,14-16H2,1-2H3,(H,23,24);1H. The fourth-order valence-electron chi connectivity index (χ4n) is 4.10. The van der Waals surface area contributed by atoms with Gasteiger partial charge in [-0.25, -0.2) is 4.99 Å². The third-order valence-electron chi connectivity index (χ3n) is 5.52. The number of piperidine rings is 1. The molecule has 2 aromatic heterocycles. The van der Waals surface area contributed by atoms with Gasteiger partial charge in [-0.1, -0.05) is 43.3 Å². The first-order chi connectivity index (χ1) is 13.8. The molecule has 7 heteroatoms. The minimum atomic E-state index is 0. The van der Waals surface area contributed by atoms with Crippen molar-refractivity contribution in [1.29, 1.82) is 0 Å². The molecule has 3 aromatic rings. The van der Waals surface area contributed by atoms with Gasteiger partial charge in [-0.15, -0.1) is 34.2 Å². The van der Waals surface area contributed by atoms with Crippen molar-refractivity contribution in [3.05, 3.63) is 66.1 Å². The number of nitrogens with zero attached hydrogens (tertiary/aromatic N) is 5. The first-order valence-electron chi connectivity index (χ1n) is 10.1. The molecule has 2 unspecified atom stereocenters. The molecule has 1 N–H and O–H groups in total. The number of hydrogen-bond donors (Lipinski definition) is 1. The fourth-order valence-corrected chi connectivity index (χ4v) is 4.10. The first kappa shape index (κ1) is 21.5. The third kappa shape index (κ3) is 4.88. The van der Waals surface area contributed by atoms with Gasteiger partial charge < -0.3 is 10.2 Å². The van der Waals surface area contributed by atoms with Crippen LogP contribution in [0, 0.1) is 5.92 Å². The van der Waals surface area contributed by atoms with Crippen LogP contribution >= 0.6 is 24.0 Å². The number of hydrogen-bond acceptors (Lipinski definition) is 3. The van der Waals surface area contributed by atoms with Gasteiger partial charge in [0.25, 0.3) is 0 Å². The number of halogens is 1. The van der Waals surface area contributed by atoms with E-state index in [9.17, 15) is 0 Å². The Morgan fingerprint density at radius 3 is 2.69 bits per heavy atom. The number of benzene rings is 1. The summed E-state index contributed by atoms with van der Waals surface area (Å²) in [7, 11) is 0. The van der Waals surface area contributed by atoms with E-state index in [1.807, 2.05) is 28.8 Å². The van der Waals surface area contributed by atoms with Crippen LogP contribution in [0.5, 0.6) is 0 Å². The largest absolute Gasteiger partial charge is 0.357 e. The fraction of sp³-hybridized carbons (Fsp3) is 0.409. The van der Waals surface area contributed by atoms with Crippen molar-refractivity contribution >= 4 is 35.6 Å². The van der Waals surface area contributed by atoms with E-state index in [4.69, 9.17) is 4.99 Å². The number of guanidine groups is 1. The lowest BCUT2D eigenvalue weighted by Gasteiger charge is -2.39. The van der Waals surface area contributed by atoms with E-state index in [1.54, 1.807) is 0 Å². The van der Waals surface area contributed by atoms with Crippen molar-refractivity contribution in [2.75, 3.05) is 19.6 Å². The summed E-state index contributed by atoms with van der Waals surface area (Å²) >= 11 is 0. The van der Waals surface area contributed by atoms with E-state index < -0.39 is 0 Å². The molecule has 3 heterocycles. The van der Waals surface area contributed by atoms with Crippen LogP contribution in [-0.2, 0) is 6.54 Å². The van der Waals surface area contributed by atoms with Crippen molar-refractivity contribution in [1.82, 2.24) is 24.8 Å². The topological polar surface area (TPSA) is 57.8 Å². The van der Waals surface area contributed by atoms with Gasteiger partial charge in [0.15, 0.2) is 17.4 Å². The van der Waals surface area contributed by atoms with Crippen LogP contribution in [0.1, 0.15) is 37.6 Å². The molecule has 1 aliphatic rings. The normalized spacial score (nSPS) is 19.8. The summed E-state index contributed by atoms with van der Waals surface area (Å²) < 4.78 is 2.00. The lowest BCUT2D eigenvalue weighted by atomic mass is 9.82. The van der Waals surface area contributed by atoms with Gasteiger partial charge in [0.05, 0.1) is 0 Å². The van der Waals surface area contributed by atoms with Crippen molar-refractivity contribution in [2.45, 2.75) is 32.7 Å². The summed E-state index contributed by atoms with van der Waals surface area (Å²) in [4.78, 5) is 7.26. The quantitative estimate of drug-likeness (QED) is 0.332. The van der Waals surface area contributed by atoms with E-state index in [0.29, 0.717) is 18.4 Å². The molecule has 0 amide bonds. The highest BCUT2D eigenvalue weighted by Gasteiger charge is 2.28.